The van der Waals surface area contributed by atoms with Crippen LogP contribution in [0.1, 0.15) is 50.8 Å². The van der Waals surface area contributed by atoms with Crippen molar-refractivity contribution in [2.45, 2.75) is 62.6 Å². The van der Waals surface area contributed by atoms with Crippen LogP contribution in [0.25, 0.3) is 22.0 Å². The number of hydrogen-bond donors (Lipinski definition) is 1. The van der Waals surface area contributed by atoms with Crippen LogP contribution in [-0.2, 0) is 22.0 Å². The molecule has 0 unspecified atom stereocenters. The van der Waals surface area contributed by atoms with Gasteiger partial charge in [0.15, 0.2) is 9.84 Å². The molecule has 2 aromatic carbocycles. The summed E-state index contributed by atoms with van der Waals surface area (Å²) in [4.78, 5) is 14.1. The summed E-state index contributed by atoms with van der Waals surface area (Å²) < 4.78 is 31.6. The molecule has 2 heterocycles. The molecule has 1 fully saturated rings. The van der Waals surface area contributed by atoms with E-state index in [1.807, 2.05) is 18.3 Å². The minimum absolute atomic E-state index is 0.0885. The molecule has 7 nitrogen and oxygen atoms in total. The van der Waals surface area contributed by atoms with Crippen LogP contribution in [0.3, 0.4) is 0 Å². The summed E-state index contributed by atoms with van der Waals surface area (Å²) in [6.07, 6.45) is 7.41. The highest BCUT2D eigenvalue weighted by atomic mass is 35.5. The maximum Gasteiger partial charge on any atom is 0.223 e. The number of aryl methyl sites for hydroxylation is 1. The van der Waals surface area contributed by atoms with E-state index in [9.17, 15) is 8.42 Å². The molecule has 0 bridgehead atoms. The second-order valence-electron chi connectivity index (χ2n) is 10.3. The number of pyridine rings is 1. The number of sulfone groups is 1. The Hall–Kier alpha value is -3.23. The van der Waals surface area contributed by atoms with E-state index in [2.05, 4.69) is 35.2 Å². The number of rotatable bonds is 8. The number of benzene rings is 2. The normalized spacial score (nSPS) is 17.7. The van der Waals surface area contributed by atoms with Gasteiger partial charge >= 0.3 is 0 Å². The van der Waals surface area contributed by atoms with E-state index >= 15 is 0 Å². The molecule has 1 aliphatic rings. The van der Waals surface area contributed by atoms with Gasteiger partial charge in [-0.2, -0.15) is 0 Å². The van der Waals surface area contributed by atoms with Gasteiger partial charge < -0.3 is 10.1 Å². The van der Waals surface area contributed by atoms with E-state index < -0.39 is 9.84 Å². The molecule has 0 atom stereocenters. The van der Waals surface area contributed by atoms with Crippen LogP contribution in [-0.4, -0.2) is 36.5 Å². The van der Waals surface area contributed by atoms with Crippen molar-refractivity contribution in [1.29, 1.82) is 0 Å². The Balaban J connectivity index is 1.44. The Morgan fingerprint density at radius 1 is 1.05 bits per heavy atom. The number of nitrogens with zero attached hydrogens (tertiary/aromatic N) is 3. The van der Waals surface area contributed by atoms with Crippen molar-refractivity contribution < 1.29 is 13.2 Å². The minimum atomic E-state index is -3.68. The lowest BCUT2D eigenvalue weighted by atomic mass is 9.87. The molecule has 1 N–H and O–H groups in total. The summed E-state index contributed by atoms with van der Waals surface area (Å²) in [5.74, 6) is 1.54. The van der Waals surface area contributed by atoms with Crippen LogP contribution >= 0.6 is 11.6 Å². The minimum Gasteiger partial charge on any atom is -0.481 e. The summed E-state index contributed by atoms with van der Waals surface area (Å²) in [7, 11) is -2.14. The lowest BCUT2D eigenvalue weighted by Gasteiger charge is -2.26. The molecule has 0 amide bonds. The maximum atomic E-state index is 13.0. The average Bonchev–Trinajstić information content (AvgIpc) is 2.93. The highest BCUT2D eigenvalue weighted by molar-refractivity contribution is 7.90. The molecule has 4 aromatic rings. The van der Waals surface area contributed by atoms with Gasteiger partial charge in [0.25, 0.3) is 0 Å². The van der Waals surface area contributed by atoms with Gasteiger partial charge in [-0.3, -0.25) is 0 Å². The van der Waals surface area contributed by atoms with Crippen molar-refractivity contribution in [3.8, 4) is 17.0 Å². The lowest BCUT2D eigenvalue weighted by molar-refractivity contribution is 0.360. The molecule has 5 rings (SSSR count). The van der Waals surface area contributed by atoms with E-state index in [1.165, 1.54) is 26.0 Å². The van der Waals surface area contributed by atoms with Gasteiger partial charge in [-0.15, -0.1) is 0 Å². The molecule has 0 saturated heterocycles. The van der Waals surface area contributed by atoms with Crippen molar-refractivity contribution in [3.05, 3.63) is 71.0 Å². The van der Waals surface area contributed by atoms with Gasteiger partial charge in [-0.25, -0.2) is 23.4 Å². The summed E-state index contributed by atoms with van der Waals surface area (Å²) >= 11 is 6.14. The summed E-state index contributed by atoms with van der Waals surface area (Å²) in [5.41, 5.74) is 4.08. The zero-order valence-electron chi connectivity index (χ0n) is 22.4. The number of methoxy groups -OCH3 is 1. The zero-order valence-corrected chi connectivity index (χ0v) is 24.0. The maximum absolute atomic E-state index is 13.0. The molecule has 0 radical (unpaired) electrons. The monoisotopic (exact) mass is 564 g/mol. The third kappa shape index (κ3) is 6.02. The van der Waals surface area contributed by atoms with Crippen molar-refractivity contribution in [3.63, 3.8) is 0 Å². The topological polar surface area (TPSA) is 94.1 Å². The first kappa shape index (κ1) is 27.3. The Kier molecular flexibility index (Phi) is 8.05. The third-order valence-corrected chi connectivity index (χ3v) is 9.57. The number of fused-ring (bicyclic) bond motifs is 1. The Morgan fingerprint density at radius 2 is 1.82 bits per heavy atom. The first-order chi connectivity index (χ1) is 18.8. The Labute approximate surface area is 234 Å². The number of anilines is 1. The van der Waals surface area contributed by atoms with Crippen LogP contribution < -0.4 is 10.1 Å². The van der Waals surface area contributed by atoms with Crippen molar-refractivity contribution >= 4 is 38.3 Å². The fourth-order valence-corrected chi connectivity index (χ4v) is 7.05. The Bertz CT molecular complexity index is 1600. The van der Waals surface area contributed by atoms with Crippen LogP contribution in [0.2, 0.25) is 5.02 Å². The fourth-order valence-electron chi connectivity index (χ4n) is 5.20. The van der Waals surface area contributed by atoms with Crippen molar-refractivity contribution in [2.75, 3.05) is 12.4 Å². The average molecular weight is 565 g/mol. The molecule has 0 aliphatic heterocycles. The highest BCUT2D eigenvalue weighted by Crippen LogP contribution is 2.34. The summed E-state index contributed by atoms with van der Waals surface area (Å²) in [5, 5.41) is 4.66. The fraction of sp³-hybridized carbons (Fsp3) is 0.367. The molecule has 9 heteroatoms. The number of hydrogen-bond acceptors (Lipinski definition) is 7. The van der Waals surface area contributed by atoms with Crippen LogP contribution in [0.4, 0.5) is 5.95 Å². The number of aromatic nitrogens is 3. The molecule has 204 valence electrons. The van der Waals surface area contributed by atoms with Crippen LogP contribution in [0.15, 0.2) is 59.6 Å². The smallest absolute Gasteiger partial charge is 0.223 e. The third-order valence-electron chi connectivity index (χ3n) is 7.42. The van der Waals surface area contributed by atoms with E-state index in [-0.39, 0.29) is 15.7 Å². The predicted molar refractivity (Wildman–Crippen MR) is 156 cm³/mol. The summed E-state index contributed by atoms with van der Waals surface area (Å²) in [6.45, 7) is 4.42. The second-order valence-corrected chi connectivity index (χ2v) is 12.6. The standard InChI is InChI=1S/C30H33ClN4O3S/c1-4-20-15-21(16-22-17-32-30(35-28(20)22)34-23-11-9-19(2)10-12-23)25-14-13-24(33-29(25)38-3)18-39(36,37)27-8-6-5-7-26(27)31/h5-8,13-17,19,23H,4,9-12,18H2,1-3H3,(H,32,34,35). The molecule has 1 saturated carbocycles. The van der Waals surface area contributed by atoms with Gasteiger partial charge in [0.05, 0.1) is 34.0 Å². The number of nitrogens with one attached hydrogen (secondary N) is 1. The van der Waals surface area contributed by atoms with Gasteiger partial charge in [-0.05, 0) is 85.5 Å². The first-order valence-electron chi connectivity index (χ1n) is 13.3. The van der Waals surface area contributed by atoms with Crippen molar-refractivity contribution in [2.24, 2.45) is 5.92 Å². The largest absolute Gasteiger partial charge is 0.481 e. The lowest BCUT2D eigenvalue weighted by Crippen LogP contribution is -2.26. The van der Waals surface area contributed by atoms with Gasteiger partial charge in [-0.1, -0.05) is 37.6 Å². The van der Waals surface area contributed by atoms with Crippen molar-refractivity contribution in [1.82, 2.24) is 15.0 Å². The van der Waals surface area contributed by atoms with E-state index in [0.717, 1.165) is 52.8 Å². The molecule has 0 spiro atoms. The summed E-state index contributed by atoms with van der Waals surface area (Å²) in [6, 6.07) is 14.5. The molecule has 2 aromatic heterocycles. The quantitative estimate of drug-likeness (QED) is 0.249. The number of ether oxygens (including phenoxy) is 1. The van der Waals surface area contributed by atoms with Gasteiger partial charge in [0, 0.05) is 23.2 Å². The van der Waals surface area contributed by atoms with Crippen LogP contribution in [0, 0.1) is 5.92 Å². The Morgan fingerprint density at radius 3 is 2.54 bits per heavy atom. The zero-order chi connectivity index (χ0) is 27.6. The molecular weight excluding hydrogens is 532 g/mol. The first-order valence-corrected chi connectivity index (χ1v) is 15.4. The van der Waals surface area contributed by atoms with E-state index in [4.69, 9.17) is 21.3 Å². The van der Waals surface area contributed by atoms with Crippen LogP contribution in [0.5, 0.6) is 5.88 Å². The van der Waals surface area contributed by atoms with E-state index in [1.54, 1.807) is 24.3 Å². The highest BCUT2D eigenvalue weighted by Gasteiger charge is 2.22. The molecule has 39 heavy (non-hydrogen) atoms. The van der Waals surface area contributed by atoms with Gasteiger partial charge in [0.1, 0.15) is 0 Å². The number of halogens is 1. The predicted octanol–water partition coefficient (Wildman–Crippen LogP) is 6.88. The molecular formula is C30H33ClN4O3S. The van der Waals surface area contributed by atoms with E-state index in [0.29, 0.717) is 23.6 Å². The van der Waals surface area contributed by atoms with Gasteiger partial charge in [0.2, 0.25) is 11.8 Å². The second kappa shape index (κ2) is 11.5. The SMILES string of the molecule is CCc1cc(-c2ccc(CS(=O)(=O)c3ccccc3Cl)nc2OC)cc2cnc(NC3CCC(C)CC3)nc12. The molecule has 1 aliphatic carbocycles.